The molecule has 3 aromatic rings. The zero-order chi connectivity index (χ0) is 19.4. The molecule has 1 aromatic heterocycles. The van der Waals surface area contributed by atoms with E-state index in [1.165, 1.54) is 37.6 Å². The van der Waals surface area contributed by atoms with Gasteiger partial charge < -0.3 is 14.5 Å². The van der Waals surface area contributed by atoms with E-state index >= 15 is 0 Å². The van der Waals surface area contributed by atoms with Crippen LogP contribution in [0.25, 0.3) is 17.0 Å². The Morgan fingerprint density at radius 1 is 1.26 bits per heavy atom. The molecule has 0 aliphatic heterocycles. The van der Waals surface area contributed by atoms with Crippen molar-refractivity contribution in [2.75, 3.05) is 13.7 Å². The number of carbonyl (C=O) groups excluding carboxylic acids is 1. The molecule has 5 nitrogen and oxygen atoms in total. The van der Waals surface area contributed by atoms with Crippen molar-refractivity contribution < 1.29 is 18.7 Å². The molecule has 2 aromatic carbocycles. The van der Waals surface area contributed by atoms with Gasteiger partial charge in [0.1, 0.15) is 17.5 Å². The number of rotatable bonds is 6. The molecule has 0 fully saturated rings. The molecule has 0 saturated heterocycles. The lowest BCUT2D eigenvalue weighted by molar-refractivity contribution is 0.104. The SMILES string of the molecule is CCOc1cc(/C=C(\C#N)C(=O)c2c[nH]c3cc(F)ccc23)ccc1OC. The number of ether oxygens (including phenoxy) is 2. The van der Waals surface area contributed by atoms with Crippen LogP contribution in [-0.2, 0) is 0 Å². The minimum absolute atomic E-state index is 0.0344. The van der Waals surface area contributed by atoms with Gasteiger partial charge in [-0.1, -0.05) is 6.07 Å². The van der Waals surface area contributed by atoms with Gasteiger partial charge in [-0.15, -0.1) is 0 Å². The Hall–Kier alpha value is -3.59. The van der Waals surface area contributed by atoms with Crippen molar-refractivity contribution in [1.82, 2.24) is 4.98 Å². The van der Waals surface area contributed by atoms with Crippen LogP contribution in [-0.4, -0.2) is 24.5 Å². The average Bonchev–Trinajstić information content (AvgIpc) is 3.09. The zero-order valence-electron chi connectivity index (χ0n) is 14.9. The van der Waals surface area contributed by atoms with Gasteiger partial charge in [-0.2, -0.15) is 5.26 Å². The van der Waals surface area contributed by atoms with Crippen LogP contribution < -0.4 is 9.47 Å². The molecule has 0 radical (unpaired) electrons. The number of allylic oxidation sites excluding steroid dienone is 1. The average molecular weight is 364 g/mol. The summed E-state index contributed by atoms with van der Waals surface area (Å²) >= 11 is 0. The van der Waals surface area contributed by atoms with E-state index in [0.29, 0.717) is 40.1 Å². The number of halogens is 1. The van der Waals surface area contributed by atoms with E-state index < -0.39 is 11.6 Å². The minimum atomic E-state index is -0.441. The summed E-state index contributed by atoms with van der Waals surface area (Å²) in [6.45, 7) is 2.31. The molecule has 0 amide bonds. The number of hydrogen-bond donors (Lipinski definition) is 1. The summed E-state index contributed by atoms with van der Waals surface area (Å²) in [5.74, 6) is 0.253. The molecule has 1 heterocycles. The Morgan fingerprint density at radius 2 is 2.07 bits per heavy atom. The van der Waals surface area contributed by atoms with Crippen LogP contribution in [0.15, 0.2) is 48.2 Å². The fraction of sp³-hybridized carbons (Fsp3) is 0.143. The number of H-pyrrole nitrogens is 1. The van der Waals surface area contributed by atoms with E-state index in [4.69, 9.17) is 9.47 Å². The largest absolute Gasteiger partial charge is 0.493 e. The topological polar surface area (TPSA) is 75.1 Å². The highest BCUT2D eigenvalue weighted by atomic mass is 19.1. The lowest BCUT2D eigenvalue weighted by Crippen LogP contribution is -2.01. The molecule has 27 heavy (non-hydrogen) atoms. The molecule has 0 bridgehead atoms. The van der Waals surface area contributed by atoms with E-state index in [1.54, 1.807) is 18.2 Å². The van der Waals surface area contributed by atoms with Crippen LogP contribution in [0.5, 0.6) is 11.5 Å². The van der Waals surface area contributed by atoms with Gasteiger partial charge in [0.05, 0.1) is 13.7 Å². The highest BCUT2D eigenvalue weighted by molar-refractivity contribution is 6.19. The molecule has 0 aliphatic carbocycles. The van der Waals surface area contributed by atoms with Crippen molar-refractivity contribution in [2.45, 2.75) is 6.92 Å². The van der Waals surface area contributed by atoms with E-state index in [1.807, 2.05) is 13.0 Å². The van der Waals surface area contributed by atoms with E-state index in [9.17, 15) is 14.4 Å². The number of nitrogens with zero attached hydrogens (tertiary/aromatic N) is 1. The Bertz CT molecular complexity index is 1080. The number of nitriles is 1. The molecule has 136 valence electrons. The third-order valence-electron chi connectivity index (χ3n) is 4.05. The van der Waals surface area contributed by atoms with Crippen molar-refractivity contribution >= 4 is 22.8 Å². The first-order valence-electron chi connectivity index (χ1n) is 8.31. The molecule has 0 saturated carbocycles. The molecule has 0 atom stereocenters. The van der Waals surface area contributed by atoms with Crippen LogP contribution in [0.3, 0.4) is 0 Å². The van der Waals surface area contributed by atoms with Crippen molar-refractivity contribution in [3.8, 4) is 17.6 Å². The van der Waals surface area contributed by atoms with Gasteiger partial charge in [-0.05, 0) is 48.9 Å². The standard InChI is InChI=1S/C21H17FN2O3/c1-3-27-20-9-13(4-7-19(20)26-2)8-14(11-23)21(25)17-12-24-18-10-15(22)5-6-16(17)18/h4-10,12,24H,3H2,1-2H3/b14-8+. The molecule has 0 spiro atoms. The van der Waals surface area contributed by atoms with Gasteiger partial charge in [0.15, 0.2) is 11.5 Å². The molecule has 1 N–H and O–H groups in total. The molecule has 6 heteroatoms. The number of hydrogen-bond acceptors (Lipinski definition) is 4. The summed E-state index contributed by atoms with van der Waals surface area (Å²) in [7, 11) is 1.54. The van der Waals surface area contributed by atoms with Crippen LogP contribution in [0, 0.1) is 17.1 Å². The second-order valence-electron chi connectivity index (χ2n) is 5.73. The number of fused-ring (bicyclic) bond motifs is 1. The summed E-state index contributed by atoms with van der Waals surface area (Å²) in [4.78, 5) is 15.7. The Morgan fingerprint density at radius 3 is 2.78 bits per heavy atom. The van der Waals surface area contributed by atoms with Crippen molar-refractivity contribution in [3.05, 3.63) is 65.1 Å². The Kier molecular flexibility index (Phi) is 5.23. The maximum Gasteiger partial charge on any atom is 0.205 e. The second kappa shape index (κ2) is 7.75. The molecule has 0 unspecified atom stereocenters. The van der Waals surface area contributed by atoms with Gasteiger partial charge in [-0.25, -0.2) is 4.39 Å². The quantitative estimate of drug-likeness (QED) is 0.397. The Labute approximate surface area is 155 Å². The van der Waals surface area contributed by atoms with Crippen LogP contribution in [0.2, 0.25) is 0 Å². The monoisotopic (exact) mass is 364 g/mol. The number of Topliss-reactive ketones (excluding diaryl/α,β-unsaturated/α-hetero) is 1. The number of benzene rings is 2. The maximum atomic E-state index is 13.3. The summed E-state index contributed by atoms with van der Waals surface area (Å²) < 4.78 is 24.1. The van der Waals surface area contributed by atoms with E-state index in [-0.39, 0.29) is 5.57 Å². The number of nitrogens with one attached hydrogen (secondary N) is 1. The smallest absolute Gasteiger partial charge is 0.205 e. The number of methoxy groups -OCH3 is 1. The number of ketones is 1. The predicted octanol–water partition coefficient (Wildman–Crippen LogP) is 4.50. The summed E-state index contributed by atoms with van der Waals surface area (Å²) in [6.07, 6.45) is 2.98. The van der Waals surface area contributed by atoms with Gasteiger partial charge in [0, 0.05) is 22.7 Å². The van der Waals surface area contributed by atoms with Gasteiger partial charge in [0.2, 0.25) is 5.78 Å². The van der Waals surface area contributed by atoms with Gasteiger partial charge in [-0.3, -0.25) is 4.79 Å². The first kappa shape index (κ1) is 18.2. The summed E-state index contributed by atoms with van der Waals surface area (Å²) in [6, 6.07) is 11.2. The predicted molar refractivity (Wildman–Crippen MR) is 100 cm³/mol. The molecule has 3 rings (SSSR count). The minimum Gasteiger partial charge on any atom is -0.493 e. The number of carbonyl (C=O) groups is 1. The normalized spacial score (nSPS) is 11.3. The number of aromatic nitrogens is 1. The summed E-state index contributed by atoms with van der Waals surface area (Å²) in [5, 5.41) is 10.0. The van der Waals surface area contributed by atoms with Gasteiger partial charge >= 0.3 is 0 Å². The second-order valence-corrected chi connectivity index (χ2v) is 5.73. The van der Waals surface area contributed by atoms with Gasteiger partial charge in [0.25, 0.3) is 0 Å². The van der Waals surface area contributed by atoms with Crippen LogP contribution in [0.1, 0.15) is 22.8 Å². The fourth-order valence-electron chi connectivity index (χ4n) is 2.80. The lowest BCUT2D eigenvalue weighted by Gasteiger charge is -2.09. The van der Waals surface area contributed by atoms with E-state index in [0.717, 1.165) is 0 Å². The van der Waals surface area contributed by atoms with Crippen molar-refractivity contribution in [2.24, 2.45) is 0 Å². The fourth-order valence-corrected chi connectivity index (χ4v) is 2.80. The highest BCUT2D eigenvalue weighted by Crippen LogP contribution is 2.29. The molecular weight excluding hydrogens is 347 g/mol. The molecule has 0 aliphatic rings. The Balaban J connectivity index is 2.00. The van der Waals surface area contributed by atoms with Crippen molar-refractivity contribution in [1.29, 1.82) is 5.26 Å². The first-order valence-corrected chi connectivity index (χ1v) is 8.31. The van der Waals surface area contributed by atoms with Crippen LogP contribution in [0.4, 0.5) is 4.39 Å². The lowest BCUT2D eigenvalue weighted by atomic mass is 10.0. The maximum absolute atomic E-state index is 13.3. The highest BCUT2D eigenvalue weighted by Gasteiger charge is 2.17. The summed E-state index contributed by atoms with van der Waals surface area (Å²) in [5.41, 5.74) is 1.41. The molecular formula is C21H17FN2O3. The van der Waals surface area contributed by atoms with Crippen LogP contribution >= 0.6 is 0 Å². The first-order chi connectivity index (χ1) is 13.1. The third kappa shape index (κ3) is 3.67. The van der Waals surface area contributed by atoms with E-state index in [2.05, 4.69) is 4.98 Å². The van der Waals surface area contributed by atoms with Crippen molar-refractivity contribution in [3.63, 3.8) is 0 Å². The third-order valence-corrected chi connectivity index (χ3v) is 4.05. The number of aromatic amines is 1. The zero-order valence-corrected chi connectivity index (χ0v) is 14.9.